The van der Waals surface area contributed by atoms with E-state index in [0.29, 0.717) is 24.3 Å². The third-order valence-corrected chi connectivity index (χ3v) is 3.69. The van der Waals surface area contributed by atoms with Gasteiger partial charge < -0.3 is 15.5 Å². The number of aliphatic hydroxyl groups excluding tert-OH is 1. The average molecular weight is 235 g/mol. The summed E-state index contributed by atoms with van der Waals surface area (Å²) in [6.45, 7) is 0.937. The van der Waals surface area contributed by atoms with E-state index in [1.54, 1.807) is 6.07 Å². The maximum atomic E-state index is 9.67. The second-order valence-electron chi connectivity index (χ2n) is 4.84. The second kappa shape index (κ2) is 6.03. The van der Waals surface area contributed by atoms with Gasteiger partial charge in [0.15, 0.2) is 0 Å². The van der Waals surface area contributed by atoms with Crippen molar-refractivity contribution >= 4 is 0 Å². The average Bonchev–Trinajstić information content (AvgIpc) is 2.38. The molecular formula is C14H21NO2. The molecule has 1 fully saturated rings. The van der Waals surface area contributed by atoms with E-state index >= 15 is 0 Å². The summed E-state index contributed by atoms with van der Waals surface area (Å²) in [5, 5.41) is 22.5. The van der Waals surface area contributed by atoms with Crippen molar-refractivity contribution in [2.24, 2.45) is 5.92 Å². The minimum atomic E-state index is 0.262. The fourth-order valence-corrected chi connectivity index (χ4v) is 2.60. The summed E-state index contributed by atoms with van der Waals surface area (Å²) in [7, 11) is 0. The summed E-state index contributed by atoms with van der Waals surface area (Å²) < 4.78 is 0. The molecule has 0 spiro atoms. The molecule has 3 nitrogen and oxygen atoms in total. The quantitative estimate of drug-likeness (QED) is 0.748. The molecular weight excluding hydrogens is 214 g/mol. The fraction of sp³-hybridized carbons (Fsp3) is 0.571. The van der Waals surface area contributed by atoms with E-state index in [0.717, 1.165) is 18.4 Å². The van der Waals surface area contributed by atoms with Crippen LogP contribution in [0.3, 0.4) is 0 Å². The van der Waals surface area contributed by atoms with Crippen LogP contribution >= 0.6 is 0 Å². The Morgan fingerprint density at radius 3 is 2.71 bits per heavy atom. The van der Waals surface area contributed by atoms with Crippen LogP contribution in [0.1, 0.15) is 31.2 Å². The zero-order valence-electron chi connectivity index (χ0n) is 10.1. The van der Waals surface area contributed by atoms with E-state index < -0.39 is 0 Å². The Bertz CT molecular complexity index is 354. The van der Waals surface area contributed by atoms with E-state index in [4.69, 9.17) is 0 Å². The van der Waals surface area contributed by atoms with E-state index in [9.17, 15) is 10.2 Å². The van der Waals surface area contributed by atoms with E-state index in [1.165, 1.54) is 12.8 Å². The SMILES string of the molecule is OCC1CCCCC1NCc1ccccc1O. The molecule has 17 heavy (non-hydrogen) atoms. The fourth-order valence-electron chi connectivity index (χ4n) is 2.60. The molecule has 0 amide bonds. The first-order valence-corrected chi connectivity index (χ1v) is 6.42. The molecule has 1 aliphatic carbocycles. The predicted molar refractivity (Wildman–Crippen MR) is 67.8 cm³/mol. The number of benzene rings is 1. The van der Waals surface area contributed by atoms with Crippen LogP contribution in [0.2, 0.25) is 0 Å². The smallest absolute Gasteiger partial charge is 0.120 e. The Labute approximate surface area is 102 Å². The first-order valence-electron chi connectivity index (χ1n) is 6.42. The van der Waals surface area contributed by atoms with Gasteiger partial charge in [-0.25, -0.2) is 0 Å². The van der Waals surface area contributed by atoms with Crippen molar-refractivity contribution in [1.29, 1.82) is 0 Å². The van der Waals surface area contributed by atoms with Crippen molar-refractivity contribution in [3.05, 3.63) is 29.8 Å². The first kappa shape index (κ1) is 12.4. The minimum absolute atomic E-state index is 0.262. The summed E-state index contributed by atoms with van der Waals surface area (Å²) in [5.74, 6) is 0.714. The zero-order valence-corrected chi connectivity index (χ0v) is 10.1. The van der Waals surface area contributed by atoms with Gasteiger partial charge in [-0.3, -0.25) is 0 Å². The van der Waals surface area contributed by atoms with Gasteiger partial charge >= 0.3 is 0 Å². The molecule has 3 N–H and O–H groups in total. The lowest BCUT2D eigenvalue weighted by molar-refractivity contribution is 0.152. The van der Waals surface area contributed by atoms with Gasteiger partial charge in [-0.15, -0.1) is 0 Å². The van der Waals surface area contributed by atoms with Gasteiger partial charge in [0.2, 0.25) is 0 Å². The highest BCUT2D eigenvalue weighted by molar-refractivity contribution is 5.31. The van der Waals surface area contributed by atoms with Crippen molar-refractivity contribution in [2.75, 3.05) is 6.61 Å². The Balaban J connectivity index is 1.90. The Hall–Kier alpha value is -1.06. The molecule has 1 aromatic carbocycles. The van der Waals surface area contributed by atoms with Gasteiger partial charge in [-0.2, -0.15) is 0 Å². The van der Waals surface area contributed by atoms with Crippen molar-refractivity contribution in [2.45, 2.75) is 38.3 Å². The number of hydrogen-bond acceptors (Lipinski definition) is 3. The molecule has 0 aliphatic heterocycles. The summed E-state index contributed by atoms with van der Waals surface area (Å²) in [6, 6.07) is 7.78. The van der Waals surface area contributed by atoms with Crippen LogP contribution in [0.5, 0.6) is 5.75 Å². The summed E-state index contributed by atoms with van der Waals surface area (Å²) in [4.78, 5) is 0. The topological polar surface area (TPSA) is 52.5 Å². The standard InChI is InChI=1S/C14H21NO2/c16-10-12-6-1-3-7-13(12)15-9-11-5-2-4-8-14(11)17/h2,4-5,8,12-13,15-17H,1,3,6-7,9-10H2. The molecule has 2 unspecified atom stereocenters. The Kier molecular flexibility index (Phi) is 4.40. The van der Waals surface area contributed by atoms with Gasteiger partial charge in [0.25, 0.3) is 0 Å². The molecule has 1 saturated carbocycles. The van der Waals surface area contributed by atoms with Crippen LogP contribution in [-0.4, -0.2) is 22.9 Å². The van der Waals surface area contributed by atoms with E-state index in [1.807, 2.05) is 18.2 Å². The van der Waals surface area contributed by atoms with Crippen LogP contribution in [-0.2, 0) is 6.54 Å². The highest BCUT2D eigenvalue weighted by atomic mass is 16.3. The molecule has 3 heteroatoms. The lowest BCUT2D eigenvalue weighted by Crippen LogP contribution is -2.39. The molecule has 1 aliphatic rings. The third-order valence-electron chi connectivity index (χ3n) is 3.69. The largest absolute Gasteiger partial charge is 0.508 e. The molecule has 0 aromatic heterocycles. The Morgan fingerprint density at radius 1 is 1.18 bits per heavy atom. The summed E-state index contributed by atoms with van der Waals surface area (Å²) in [5.41, 5.74) is 0.926. The van der Waals surface area contributed by atoms with Crippen LogP contribution < -0.4 is 5.32 Å². The number of aliphatic hydroxyl groups is 1. The number of hydrogen-bond donors (Lipinski definition) is 3. The molecule has 2 rings (SSSR count). The molecule has 94 valence electrons. The van der Waals surface area contributed by atoms with Gasteiger partial charge in [-0.05, 0) is 24.8 Å². The predicted octanol–water partition coefficient (Wildman–Crippen LogP) is 2.03. The van der Waals surface area contributed by atoms with Gasteiger partial charge in [0.05, 0.1) is 0 Å². The number of phenols is 1. The number of rotatable bonds is 4. The van der Waals surface area contributed by atoms with Crippen molar-refractivity contribution in [3.63, 3.8) is 0 Å². The maximum absolute atomic E-state index is 9.67. The van der Waals surface area contributed by atoms with Crippen LogP contribution in [0, 0.1) is 5.92 Å². The number of phenolic OH excluding ortho intramolecular Hbond substituents is 1. The highest BCUT2D eigenvalue weighted by Gasteiger charge is 2.23. The van der Waals surface area contributed by atoms with Gasteiger partial charge in [-0.1, -0.05) is 31.0 Å². The van der Waals surface area contributed by atoms with Crippen molar-refractivity contribution < 1.29 is 10.2 Å². The Morgan fingerprint density at radius 2 is 1.94 bits per heavy atom. The lowest BCUT2D eigenvalue weighted by Gasteiger charge is -2.31. The monoisotopic (exact) mass is 235 g/mol. The molecule has 1 aromatic rings. The molecule has 0 radical (unpaired) electrons. The molecule has 0 heterocycles. The second-order valence-corrected chi connectivity index (χ2v) is 4.84. The summed E-state index contributed by atoms with van der Waals surface area (Å²) in [6.07, 6.45) is 4.68. The minimum Gasteiger partial charge on any atom is -0.508 e. The first-order chi connectivity index (χ1) is 8.31. The van der Waals surface area contributed by atoms with Crippen LogP contribution in [0.15, 0.2) is 24.3 Å². The van der Waals surface area contributed by atoms with Crippen molar-refractivity contribution in [1.82, 2.24) is 5.32 Å². The van der Waals surface area contributed by atoms with E-state index in [2.05, 4.69) is 5.32 Å². The maximum Gasteiger partial charge on any atom is 0.120 e. The number of nitrogens with one attached hydrogen (secondary N) is 1. The van der Waals surface area contributed by atoms with Gasteiger partial charge in [0.1, 0.15) is 5.75 Å². The number of para-hydroxylation sites is 1. The summed E-state index contributed by atoms with van der Waals surface area (Å²) >= 11 is 0. The van der Waals surface area contributed by atoms with Crippen molar-refractivity contribution in [3.8, 4) is 5.75 Å². The van der Waals surface area contributed by atoms with Crippen LogP contribution in [0.25, 0.3) is 0 Å². The highest BCUT2D eigenvalue weighted by Crippen LogP contribution is 2.25. The van der Waals surface area contributed by atoms with E-state index in [-0.39, 0.29) is 6.61 Å². The van der Waals surface area contributed by atoms with Crippen LogP contribution in [0.4, 0.5) is 0 Å². The normalized spacial score (nSPS) is 24.8. The molecule has 0 bridgehead atoms. The lowest BCUT2D eigenvalue weighted by atomic mass is 9.85. The number of aromatic hydroxyl groups is 1. The third kappa shape index (κ3) is 3.20. The zero-order chi connectivity index (χ0) is 12.1. The molecule has 0 saturated heterocycles. The molecule has 2 atom stereocenters. The van der Waals surface area contributed by atoms with Gasteiger partial charge in [0, 0.05) is 24.8 Å².